The zero-order chi connectivity index (χ0) is 22.0. The van der Waals surface area contributed by atoms with Crippen LogP contribution in [0.4, 0.5) is 0 Å². The predicted octanol–water partition coefficient (Wildman–Crippen LogP) is -1.71. The first-order valence-corrected chi connectivity index (χ1v) is 9.79. The van der Waals surface area contributed by atoms with Crippen molar-refractivity contribution in [3.63, 3.8) is 0 Å². The Morgan fingerprint density at radius 3 is 2.10 bits per heavy atom. The molecular formula is C17H24N4O6S2. The molecule has 1 rings (SSSR count). The number of thiol groups is 2. The van der Waals surface area contributed by atoms with E-state index in [-0.39, 0.29) is 23.7 Å². The quantitative estimate of drug-likeness (QED) is 0.188. The zero-order valence-electron chi connectivity index (χ0n) is 15.4. The van der Waals surface area contributed by atoms with Crippen molar-refractivity contribution >= 4 is 48.9 Å². The summed E-state index contributed by atoms with van der Waals surface area (Å²) in [5.41, 5.74) is 6.27. The van der Waals surface area contributed by atoms with Crippen molar-refractivity contribution in [2.24, 2.45) is 5.73 Å². The minimum atomic E-state index is -1.25. The van der Waals surface area contributed by atoms with Crippen LogP contribution in [0, 0.1) is 0 Å². The van der Waals surface area contributed by atoms with Gasteiger partial charge in [-0.05, 0) is 17.7 Å². The number of rotatable bonds is 11. The maximum absolute atomic E-state index is 12.5. The van der Waals surface area contributed by atoms with Gasteiger partial charge in [0.1, 0.15) is 17.8 Å². The summed E-state index contributed by atoms with van der Waals surface area (Å²) in [4.78, 5) is 47.3. The second-order valence-electron chi connectivity index (χ2n) is 6.08. The number of nitrogens with two attached hydrogens (primary N) is 1. The summed E-state index contributed by atoms with van der Waals surface area (Å²) in [6.45, 7) is -0.489. The molecule has 0 aliphatic rings. The van der Waals surface area contributed by atoms with Gasteiger partial charge in [-0.25, -0.2) is 4.79 Å². The van der Waals surface area contributed by atoms with Gasteiger partial charge in [-0.2, -0.15) is 25.3 Å². The molecule has 29 heavy (non-hydrogen) atoms. The molecular weight excluding hydrogens is 420 g/mol. The van der Waals surface area contributed by atoms with Crippen molar-refractivity contribution < 1.29 is 29.4 Å². The van der Waals surface area contributed by atoms with E-state index in [1.165, 1.54) is 12.1 Å². The van der Waals surface area contributed by atoms with Gasteiger partial charge in [0, 0.05) is 17.9 Å². The highest BCUT2D eigenvalue weighted by Gasteiger charge is 2.25. The molecule has 0 fully saturated rings. The first kappa shape index (κ1) is 24.6. The number of aliphatic carboxylic acids is 1. The smallest absolute Gasteiger partial charge is 0.327 e. The minimum absolute atomic E-state index is 0.0460. The fourth-order valence-electron chi connectivity index (χ4n) is 2.16. The van der Waals surface area contributed by atoms with Gasteiger partial charge in [0.25, 0.3) is 0 Å². The van der Waals surface area contributed by atoms with Gasteiger partial charge >= 0.3 is 5.97 Å². The Bertz CT molecular complexity index is 731. The number of carbonyl (C=O) groups is 4. The Hall–Kier alpha value is -2.44. The molecule has 0 aliphatic carbocycles. The average Bonchev–Trinajstić information content (AvgIpc) is 2.70. The molecule has 10 nitrogen and oxygen atoms in total. The third-order valence-electron chi connectivity index (χ3n) is 3.78. The molecule has 1 aromatic carbocycles. The lowest BCUT2D eigenvalue weighted by Crippen LogP contribution is -2.54. The number of hydrogen-bond acceptors (Lipinski definition) is 8. The summed E-state index contributed by atoms with van der Waals surface area (Å²) < 4.78 is 0. The van der Waals surface area contributed by atoms with Gasteiger partial charge in [0.05, 0.1) is 12.6 Å². The maximum atomic E-state index is 12.5. The van der Waals surface area contributed by atoms with Gasteiger partial charge < -0.3 is 31.9 Å². The SMILES string of the molecule is NC(CS)C(=O)NC(Cc1ccc(O)cc1)C(=O)NCC(=O)NC(CS)C(=O)O. The normalized spacial score (nSPS) is 13.6. The van der Waals surface area contributed by atoms with E-state index in [9.17, 15) is 24.3 Å². The fraction of sp³-hybridized carbons (Fsp3) is 0.412. The summed E-state index contributed by atoms with van der Waals surface area (Å²) >= 11 is 7.78. The number of carbonyl (C=O) groups excluding carboxylic acids is 3. The molecule has 160 valence electrons. The number of aromatic hydroxyl groups is 1. The van der Waals surface area contributed by atoms with Crippen molar-refractivity contribution in [3.05, 3.63) is 29.8 Å². The molecule has 7 N–H and O–H groups in total. The predicted molar refractivity (Wildman–Crippen MR) is 112 cm³/mol. The Labute approximate surface area is 178 Å². The molecule has 1 aromatic rings. The standard InChI is InChI=1S/C17H24N4O6S2/c18-11(7-28)15(24)21-12(5-9-1-3-10(22)4-2-9)16(25)19-6-14(23)20-13(8-29)17(26)27/h1-4,11-13,22,28-29H,5-8,18H2,(H,19,25)(H,20,23)(H,21,24)(H,26,27). The van der Waals surface area contributed by atoms with Crippen molar-refractivity contribution in [1.29, 1.82) is 0 Å². The Morgan fingerprint density at radius 1 is 0.966 bits per heavy atom. The van der Waals surface area contributed by atoms with Gasteiger partial charge in [-0.3, -0.25) is 14.4 Å². The van der Waals surface area contributed by atoms with Crippen molar-refractivity contribution in [2.75, 3.05) is 18.1 Å². The number of phenols is 1. The van der Waals surface area contributed by atoms with Crippen LogP contribution in [0.5, 0.6) is 5.75 Å². The largest absolute Gasteiger partial charge is 0.508 e. The van der Waals surface area contributed by atoms with Crippen LogP contribution < -0.4 is 21.7 Å². The third kappa shape index (κ3) is 8.62. The summed E-state index contributed by atoms with van der Waals surface area (Å²) in [7, 11) is 0. The third-order valence-corrected chi connectivity index (χ3v) is 4.54. The average molecular weight is 445 g/mol. The van der Waals surface area contributed by atoms with E-state index in [1.807, 2.05) is 0 Å². The minimum Gasteiger partial charge on any atom is -0.508 e. The Balaban J connectivity index is 2.78. The van der Waals surface area contributed by atoms with Crippen molar-refractivity contribution in [1.82, 2.24) is 16.0 Å². The van der Waals surface area contributed by atoms with Crippen LogP contribution in [-0.2, 0) is 25.6 Å². The lowest BCUT2D eigenvalue weighted by Gasteiger charge is -2.20. The first-order chi connectivity index (χ1) is 13.7. The molecule has 0 spiro atoms. The summed E-state index contributed by atoms with van der Waals surface area (Å²) in [5.74, 6) is -3.22. The van der Waals surface area contributed by atoms with E-state index in [0.29, 0.717) is 5.56 Å². The van der Waals surface area contributed by atoms with Crippen LogP contribution in [0.1, 0.15) is 5.56 Å². The monoisotopic (exact) mass is 444 g/mol. The lowest BCUT2D eigenvalue weighted by atomic mass is 10.0. The van der Waals surface area contributed by atoms with Crippen LogP contribution >= 0.6 is 25.3 Å². The molecule has 0 aliphatic heterocycles. The number of carboxylic acids is 1. The molecule has 0 saturated heterocycles. The molecule has 0 saturated carbocycles. The lowest BCUT2D eigenvalue weighted by molar-refractivity contribution is -0.141. The highest BCUT2D eigenvalue weighted by molar-refractivity contribution is 7.80. The molecule has 0 bridgehead atoms. The van der Waals surface area contributed by atoms with Gasteiger partial charge in [0.15, 0.2) is 0 Å². The van der Waals surface area contributed by atoms with Crippen molar-refractivity contribution in [3.8, 4) is 5.75 Å². The van der Waals surface area contributed by atoms with Gasteiger partial charge in [-0.15, -0.1) is 0 Å². The number of amides is 3. The Kier molecular flexibility index (Phi) is 10.3. The van der Waals surface area contributed by atoms with E-state index >= 15 is 0 Å². The fourth-order valence-corrected chi connectivity index (χ4v) is 2.57. The summed E-state index contributed by atoms with van der Waals surface area (Å²) in [5, 5.41) is 25.3. The van der Waals surface area contributed by atoms with Crippen molar-refractivity contribution in [2.45, 2.75) is 24.5 Å². The van der Waals surface area contributed by atoms with Crippen LogP contribution in [0.3, 0.4) is 0 Å². The number of hydrogen-bond donors (Lipinski definition) is 8. The number of benzene rings is 1. The van der Waals surface area contributed by atoms with E-state index < -0.39 is 48.4 Å². The van der Waals surface area contributed by atoms with E-state index in [1.54, 1.807) is 12.1 Å². The van der Waals surface area contributed by atoms with E-state index in [0.717, 1.165) is 0 Å². The first-order valence-electron chi connectivity index (χ1n) is 8.53. The van der Waals surface area contributed by atoms with Gasteiger partial charge in [0.2, 0.25) is 17.7 Å². The van der Waals surface area contributed by atoms with Gasteiger partial charge in [-0.1, -0.05) is 12.1 Å². The van der Waals surface area contributed by atoms with E-state index in [2.05, 4.69) is 41.2 Å². The molecule has 3 unspecified atom stereocenters. The molecule has 0 heterocycles. The van der Waals surface area contributed by atoms with Crippen LogP contribution in [-0.4, -0.2) is 70.1 Å². The topological polar surface area (TPSA) is 171 Å². The molecule has 0 radical (unpaired) electrons. The van der Waals surface area contributed by atoms with E-state index in [4.69, 9.17) is 10.8 Å². The maximum Gasteiger partial charge on any atom is 0.327 e. The van der Waals surface area contributed by atoms with Crippen LogP contribution in [0.2, 0.25) is 0 Å². The number of carboxylic acid groups (broad SMARTS) is 1. The number of nitrogens with one attached hydrogen (secondary N) is 3. The summed E-state index contributed by atoms with van der Waals surface area (Å²) in [6, 6.07) is 2.86. The Morgan fingerprint density at radius 2 is 1.59 bits per heavy atom. The second kappa shape index (κ2) is 12.2. The second-order valence-corrected chi connectivity index (χ2v) is 6.81. The number of phenolic OH excluding ortho intramolecular Hbond substituents is 1. The molecule has 3 amide bonds. The highest BCUT2D eigenvalue weighted by Crippen LogP contribution is 2.11. The van der Waals surface area contributed by atoms with Crippen LogP contribution in [0.25, 0.3) is 0 Å². The zero-order valence-corrected chi connectivity index (χ0v) is 17.2. The highest BCUT2D eigenvalue weighted by atomic mass is 32.1. The summed E-state index contributed by atoms with van der Waals surface area (Å²) in [6.07, 6.45) is 0.0765. The molecule has 3 atom stereocenters. The molecule has 0 aromatic heterocycles. The molecule has 12 heteroatoms. The van der Waals surface area contributed by atoms with Crippen LogP contribution in [0.15, 0.2) is 24.3 Å².